The fraction of sp³-hybridized carbons (Fsp3) is 0.500. The van der Waals surface area contributed by atoms with Gasteiger partial charge in [0, 0.05) is 46.1 Å². The van der Waals surface area contributed by atoms with E-state index in [0.717, 1.165) is 44.0 Å². The van der Waals surface area contributed by atoms with Crippen LogP contribution in [0.15, 0.2) is 36.4 Å². The summed E-state index contributed by atoms with van der Waals surface area (Å²) in [6, 6.07) is 12.7. The minimum atomic E-state index is 0.0183. The molecule has 1 aromatic carbocycles. The molecule has 6 heteroatoms. The van der Waals surface area contributed by atoms with Crippen molar-refractivity contribution in [2.45, 2.75) is 38.6 Å². The monoisotopic (exact) mass is 381 g/mol. The van der Waals surface area contributed by atoms with Crippen molar-refractivity contribution < 1.29 is 4.79 Å². The van der Waals surface area contributed by atoms with E-state index in [9.17, 15) is 4.79 Å². The second-order valence-corrected chi connectivity index (χ2v) is 7.59. The molecule has 0 bridgehead atoms. The maximum Gasteiger partial charge on any atom is 0.219 e. The molecule has 0 spiro atoms. The van der Waals surface area contributed by atoms with Gasteiger partial charge in [0.1, 0.15) is 11.6 Å². The van der Waals surface area contributed by atoms with E-state index in [1.807, 2.05) is 7.05 Å². The molecular formula is C22H31N5O. The molecule has 0 radical (unpaired) electrons. The van der Waals surface area contributed by atoms with Crippen LogP contribution in [0.4, 0.5) is 5.82 Å². The van der Waals surface area contributed by atoms with E-state index in [0.29, 0.717) is 18.3 Å². The second kappa shape index (κ2) is 9.64. The van der Waals surface area contributed by atoms with E-state index >= 15 is 0 Å². The summed E-state index contributed by atoms with van der Waals surface area (Å²) in [7, 11) is 3.65. The minimum Gasteiger partial charge on any atom is -0.373 e. The summed E-state index contributed by atoms with van der Waals surface area (Å²) >= 11 is 0. The van der Waals surface area contributed by atoms with Gasteiger partial charge in [0.05, 0.1) is 12.2 Å². The smallest absolute Gasteiger partial charge is 0.219 e. The first-order valence-electron chi connectivity index (χ1n) is 10.1. The van der Waals surface area contributed by atoms with Gasteiger partial charge in [-0.25, -0.2) is 9.97 Å². The number of piperidine rings is 1. The molecule has 1 aliphatic rings. The summed E-state index contributed by atoms with van der Waals surface area (Å²) in [6.45, 7) is 5.24. The highest BCUT2D eigenvalue weighted by Gasteiger charge is 2.23. The predicted molar refractivity (Wildman–Crippen MR) is 112 cm³/mol. The molecule has 1 atom stereocenters. The van der Waals surface area contributed by atoms with Crippen LogP contribution in [0, 0.1) is 0 Å². The Morgan fingerprint density at radius 2 is 2.07 bits per heavy atom. The van der Waals surface area contributed by atoms with E-state index in [4.69, 9.17) is 4.98 Å². The lowest BCUT2D eigenvalue weighted by Crippen LogP contribution is -2.36. The lowest BCUT2D eigenvalue weighted by molar-refractivity contribution is -0.128. The Labute approximate surface area is 168 Å². The largest absolute Gasteiger partial charge is 0.373 e. The quantitative estimate of drug-likeness (QED) is 0.799. The Hall–Kier alpha value is -2.47. The third-order valence-corrected chi connectivity index (χ3v) is 5.45. The highest BCUT2D eigenvalue weighted by molar-refractivity contribution is 5.72. The van der Waals surface area contributed by atoms with Crippen LogP contribution in [0.5, 0.6) is 0 Å². The number of hydrogen-bond donors (Lipinski definition) is 1. The molecule has 2 aromatic rings. The maximum absolute atomic E-state index is 11.6. The Morgan fingerprint density at radius 3 is 2.79 bits per heavy atom. The summed E-state index contributed by atoms with van der Waals surface area (Å²) in [5.41, 5.74) is 2.47. The average molecular weight is 382 g/mol. The Bertz CT molecular complexity index is 780. The fourth-order valence-electron chi connectivity index (χ4n) is 3.68. The average Bonchev–Trinajstić information content (AvgIpc) is 2.73. The summed E-state index contributed by atoms with van der Waals surface area (Å²) in [5, 5.41) is 3.14. The molecule has 6 nitrogen and oxygen atoms in total. The molecule has 1 fully saturated rings. The van der Waals surface area contributed by atoms with Gasteiger partial charge in [-0.3, -0.25) is 4.79 Å². The standard InChI is InChI=1S/C22H31N5O/c1-17(28)26(3)16-22-24-20(14-21(23-2)25-22)19-10-7-12-27(15-19)13-11-18-8-5-4-6-9-18/h4-6,8-9,14,19H,7,10-13,15-16H2,1-3H3,(H,23,24,25)/t19-/m1/s1. The predicted octanol–water partition coefficient (Wildman–Crippen LogP) is 2.92. The van der Waals surface area contributed by atoms with Gasteiger partial charge < -0.3 is 15.1 Å². The molecule has 1 N–H and O–H groups in total. The van der Waals surface area contributed by atoms with Crippen LogP contribution in [0.1, 0.15) is 42.8 Å². The van der Waals surface area contributed by atoms with Crippen LogP contribution in [0.25, 0.3) is 0 Å². The number of carbonyl (C=O) groups is 1. The lowest BCUT2D eigenvalue weighted by atomic mass is 9.94. The Kier molecular flexibility index (Phi) is 6.98. The maximum atomic E-state index is 11.6. The summed E-state index contributed by atoms with van der Waals surface area (Å²) < 4.78 is 0. The fourth-order valence-corrected chi connectivity index (χ4v) is 3.68. The molecule has 0 aliphatic carbocycles. The molecule has 1 aliphatic heterocycles. The van der Waals surface area contributed by atoms with E-state index in [1.165, 1.54) is 12.0 Å². The first-order chi connectivity index (χ1) is 13.5. The number of carbonyl (C=O) groups excluding carboxylic acids is 1. The van der Waals surface area contributed by atoms with Gasteiger partial charge in [-0.2, -0.15) is 0 Å². The highest BCUT2D eigenvalue weighted by Crippen LogP contribution is 2.27. The lowest BCUT2D eigenvalue weighted by Gasteiger charge is -2.32. The van der Waals surface area contributed by atoms with Crippen molar-refractivity contribution in [3.8, 4) is 0 Å². The first-order valence-corrected chi connectivity index (χ1v) is 10.1. The number of anilines is 1. The van der Waals surface area contributed by atoms with Crippen LogP contribution in [0.3, 0.4) is 0 Å². The van der Waals surface area contributed by atoms with E-state index < -0.39 is 0 Å². The molecule has 2 heterocycles. The number of rotatable bonds is 7. The van der Waals surface area contributed by atoms with Crippen molar-refractivity contribution in [2.24, 2.45) is 0 Å². The summed E-state index contributed by atoms with van der Waals surface area (Å²) in [5.74, 6) is 1.94. The van der Waals surface area contributed by atoms with Crippen molar-refractivity contribution in [1.29, 1.82) is 0 Å². The summed E-state index contributed by atoms with van der Waals surface area (Å²) in [4.78, 5) is 25.1. The second-order valence-electron chi connectivity index (χ2n) is 7.59. The molecule has 0 unspecified atom stereocenters. The molecule has 1 amide bonds. The number of amides is 1. The van der Waals surface area contributed by atoms with Crippen LogP contribution in [0.2, 0.25) is 0 Å². The van der Waals surface area contributed by atoms with Gasteiger partial charge in [-0.1, -0.05) is 30.3 Å². The molecule has 28 heavy (non-hydrogen) atoms. The Morgan fingerprint density at radius 1 is 1.29 bits per heavy atom. The number of aromatic nitrogens is 2. The minimum absolute atomic E-state index is 0.0183. The van der Waals surface area contributed by atoms with Crippen molar-refractivity contribution in [2.75, 3.05) is 39.0 Å². The van der Waals surface area contributed by atoms with Gasteiger partial charge >= 0.3 is 0 Å². The van der Waals surface area contributed by atoms with E-state index in [-0.39, 0.29) is 5.91 Å². The van der Waals surface area contributed by atoms with Crippen molar-refractivity contribution in [3.63, 3.8) is 0 Å². The zero-order valence-corrected chi connectivity index (χ0v) is 17.2. The molecule has 0 saturated carbocycles. The van der Waals surface area contributed by atoms with Crippen molar-refractivity contribution in [1.82, 2.24) is 19.8 Å². The van der Waals surface area contributed by atoms with E-state index in [1.54, 1.807) is 18.9 Å². The van der Waals surface area contributed by atoms with Crippen molar-refractivity contribution >= 4 is 11.7 Å². The van der Waals surface area contributed by atoms with Gasteiger partial charge in [0.25, 0.3) is 0 Å². The SMILES string of the molecule is CNc1cc([C@@H]2CCCN(CCc3ccccc3)C2)nc(CN(C)C(C)=O)n1. The summed E-state index contributed by atoms with van der Waals surface area (Å²) in [6.07, 6.45) is 3.40. The zero-order chi connectivity index (χ0) is 19.9. The van der Waals surface area contributed by atoms with Crippen LogP contribution in [-0.4, -0.2) is 59.4 Å². The normalized spacial score (nSPS) is 17.3. The van der Waals surface area contributed by atoms with Gasteiger partial charge in [0.15, 0.2) is 0 Å². The van der Waals surface area contributed by atoms with Crippen molar-refractivity contribution in [3.05, 3.63) is 53.5 Å². The van der Waals surface area contributed by atoms with E-state index in [2.05, 4.69) is 51.6 Å². The first kappa shape index (κ1) is 20.3. The Balaban J connectivity index is 1.68. The molecule has 150 valence electrons. The molecule has 3 rings (SSSR count). The third-order valence-electron chi connectivity index (χ3n) is 5.45. The van der Waals surface area contributed by atoms with Gasteiger partial charge in [-0.15, -0.1) is 0 Å². The van der Waals surface area contributed by atoms with Gasteiger partial charge in [0.2, 0.25) is 5.91 Å². The number of benzene rings is 1. The third kappa shape index (κ3) is 5.52. The molecular weight excluding hydrogens is 350 g/mol. The zero-order valence-electron chi connectivity index (χ0n) is 17.2. The van der Waals surface area contributed by atoms with Crippen LogP contribution in [-0.2, 0) is 17.8 Å². The number of likely N-dealkylation sites (tertiary alicyclic amines) is 1. The highest BCUT2D eigenvalue weighted by atomic mass is 16.2. The number of hydrogen-bond acceptors (Lipinski definition) is 5. The topological polar surface area (TPSA) is 61.4 Å². The molecule has 1 saturated heterocycles. The van der Waals surface area contributed by atoms with Gasteiger partial charge in [-0.05, 0) is 31.4 Å². The molecule has 1 aromatic heterocycles. The number of nitrogens with zero attached hydrogens (tertiary/aromatic N) is 4. The van der Waals surface area contributed by atoms with Crippen LogP contribution >= 0.6 is 0 Å². The number of nitrogens with one attached hydrogen (secondary N) is 1. The van der Waals surface area contributed by atoms with Crippen LogP contribution < -0.4 is 5.32 Å².